The largest absolute Gasteiger partial charge is 0.477 e. The second-order valence-corrected chi connectivity index (χ2v) is 6.12. The molecule has 0 saturated heterocycles. The SMILES string of the molecule is Cc1cc(C)nc(Oc2ccc(NC(=O)COc3ccccc3[N+](=O)[O-])cc2)n1. The highest BCUT2D eigenvalue weighted by Gasteiger charge is 2.15. The molecule has 9 nitrogen and oxygen atoms in total. The van der Waals surface area contributed by atoms with Gasteiger partial charge in [-0.2, -0.15) is 0 Å². The number of amides is 1. The van der Waals surface area contributed by atoms with E-state index in [1.54, 1.807) is 30.3 Å². The summed E-state index contributed by atoms with van der Waals surface area (Å²) < 4.78 is 10.9. The van der Waals surface area contributed by atoms with E-state index >= 15 is 0 Å². The van der Waals surface area contributed by atoms with Crippen LogP contribution in [0.3, 0.4) is 0 Å². The van der Waals surface area contributed by atoms with E-state index in [4.69, 9.17) is 9.47 Å². The highest BCUT2D eigenvalue weighted by Crippen LogP contribution is 2.26. The molecular formula is C20H18N4O5. The number of para-hydroxylation sites is 2. The molecule has 1 N–H and O–H groups in total. The summed E-state index contributed by atoms with van der Waals surface area (Å²) in [5.74, 6) is 0.100. The molecule has 148 valence electrons. The summed E-state index contributed by atoms with van der Waals surface area (Å²) in [6.45, 7) is 3.35. The van der Waals surface area contributed by atoms with E-state index in [1.165, 1.54) is 18.2 Å². The van der Waals surface area contributed by atoms with Gasteiger partial charge in [0, 0.05) is 23.1 Å². The number of carbonyl (C=O) groups excluding carboxylic acids is 1. The predicted octanol–water partition coefficient (Wildman–Crippen LogP) is 3.81. The maximum Gasteiger partial charge on any atom is 0.322 e. The monoisotopic (exact) mass is 394 g/mol. The van der Waals surface area contributed by atoms with Crippen LogP contribution in [-0.4, -0.2) is 27.4 Å². The normalized spacial score (nSPS) is 10.3. The van der Waals surface area contributed by atoms with Gasteiger partial charge in [-0.15, -0.1) is 0 Å². The average Bonchev–Trinajstić information content (AvgIpc) is 2.67. The van der Waals surface area contributed by atoms with Crippen molar-refractivity contribution in [2.24, 2.45) is 0 Å². The van der Waals surface area contributed by atoms with Crippen LogP contribution in [0.2, 0.25) is 0 Å². The molecule has 1 heterocycles. The molecule has 0 aliphatic carbocycles. The second-order valence-electron chi connectivity index (χ2n) is 6.12. The van der Waals surface area contributed by atoms with Gasteiger partial charge in [0.1, 0.15) is 5.75 Å². The first-order valence-electron chi connectivity index (χ1n) is 8.67. The summed E-state index contributed by atoms with van der Waals surface area (Å²) in [4.78, 5) is 30.9. The lowest BCUT2D eigenvalue weighted by atomic mass is 10.3. The van der Waals surface area contributed by atoms with Crippen LogP contribution in [0.1, 0.15) is 11.4 Å². The van der Waals surface area contributed by atoms with Crippen LogP contribution in [0.15, 0.2) is 54.6 Å². The summed E-state index contributed by atoms with van der Waals surface area (Å²) >= 11 is 0. The number of carbonyl (C=O) groups is 1. The van der Waals surface area contributed by atoms with E-state index in [9.17, 15) is 14.9 Å². The minimum absolute atomic E-state index is 0.0323. The third kappa shape index (κ3) is 5.48. The number of rotatable bonds is 7. The van der Waals surface area contributed by atoms with Gasteiger partial charge >= 0.3 is 11.7 Å². The Morgan fingerprint density at radius 3 is 2.38 bits per heavy atom. The lowest BCUT2D eigenvalue weighted by molar-refractivity contribution is -0.385. The van der Waals surface area contributed by atoms with Crippen LogP contribution in [0, 0.1) is 24.0 Å². The zero-order chi connectivity index (χ0) is 20.8. The summed E-state index contributed by atoms with van der Waals surface area (Å²) in [7, 11) is 0. The van der Waals surface area contributed by atoms with Gasteiger partial charge in [0.2, 0.25) is 0 Å². The molecule has 3 rings (SSSR count). The first-order chi connectivity index (χ1) is 13.9. The highest BCUT2D eigenvalue weighted by molar-refractivity contribution is 5.92. The van der Waals surface area contributed by atoms with E-state index < -0.39 is 10.8 Å². The molecule has 2 aromatic carbocycles. The van der Waals surface area contributed by atoms with E-state index in [0.717, 1.165) is 11.4 Å². The molecule has 1 aromatic heterocycles. The Morgan fingerprint density at radius 2 is 1.72 bits per heavy atom. The topological polar surface area (TPSA) is 116 Å². The lowest BCUT2D eigenvalue weighted by Crippen LogP contribution is -2.20. The smallest absolute Gasteiger partial charge is 0.322 e. The van der Waals surface area contributed by atoms with E-state index in [1.807, 2.05) is 19.9 Å². The van der Waals surface area contributed by atoms with Crippen molar-refractivity contribution in [3.63, 3.8) is 0 Å². The van der Waals surface area contributed by atoms with Crippen molar-refractivity contribution in [1.82, 2.24) is 9.97 Å². The van der Waals surface area contributed by atoms with Gasteiger partial charge in [0.05, 0.1) is 4.92 Å². The number of nitro groups is 1. The van der Waals surface area contributed by atoms with Crippen molar-refractivity contribution in [3.05, 3.63) is 76.1 Å². The fourth-order valence-corrected chi connectivity index (χ4v) is 2.52. The Bertz CT molecular complexity index is 1020. The van der Waals surface area contributed by atoms with Crippen molar-refractivity contribution < 1.29 is 19.2 Å². The quantitative estimate of drug-likeness (QED) is 0.478. The highest BCUT2D eigenvalue weighted by atomic mass is 16.6. The number of benzene rings is 2. The average molecular weight is 394 g/mol. The first kappa shape index (κ1) is 19.7. The van der Waals surface area contributed by atoms with Crippen LogP contribution in [-0.2, 0) is 4.79 Å². The molecule has 0 bridgehead atoms. The van der Waals surface area contributed by atoms with Crippen LogP contribution in [0.4, 0.5) is 11.4 Å². The third-order valence-corrected chi connectivity index (χ3v) is 3.73. The van der Waals surface area contributed by atoms with E-state index in [2.05, 4.69) is 15.3 Å². The van der Waals surface area contributed by atoms with Crippen molar-refractivity contribution in [1.29, 1.82) is 0 Å². The van der Waals surface area contributed by atoms with Gasteiger partial charge in [-0.25, -0.2) is 9.97 Å². The number of anilines is 1. The summed E-state index contributed by atoms with van der Waals surface area (Å²) in [6, 6.07) is 14.6. The molecule has 0 saturated carbocycles. The molecule has 3 aromatic rings. The number of aryl methyl sites for hydroxylation is 2. The van der Waals surface area contributed by atoms with Crippen LogP contribution >= 0.6 is 0 Å². The molecule has 0 fully saturated rings. The molecule has 0 aliphatic heterocycles. The van der Waals surface area contributed by atoms with Crippen LogP contribution < -0.4 is 14.8 Å². The third-order valence-electron chi connectivity index (χ3n) is 3.73. The van der Waals surface area contributed by atoms with Gasteiger partial charge < -0.3 is 14.8 Å². The number of hydrogen-bond donors (Lipinski definition) is 1. The molecule has 0 spiro atoms. The fourth-order valence-electron chi connectivity index (χ4n) is 2.52. The predicted molar refractivity (Wildman–Crippen MR) is 105 cm³/mol. The van der Waals surface area contributed by atoms with Gasteiger partial charge in [0.25, 0.3) is 5.91 Å². The number of aromatic nitrogens is 2. The zero-order valence-corrected chi connectivity index (χ0v) is 15.8. The fraction of sp³-hybridized carbons (Fsp3) is 0.150. The van der Waals surface area contributed by atoms with Crippen molar-refractivity contribution in [3.8, 4) is 17.5 Å². The standard InChI is InChI=1S/C20H18N4O5/c1-13-11-14(2)22-20(21-13)29-16-9-7-15(8-10-16)23-19(25)12-28-18-6-4-3-5-17(18)24(26)27/h3-11H,12H2,1-2H3,(H,23,25). The van der Waals surface area contributed by atoms with Gasteiger partial charge in [-0.1, -0.05) is 12.1 Å². The summed E-state index contributed by atoms with van der Waals surface area (Å²) in [5, 5.41) is 13.6. The molecule has 0 unspecified atom stereocenters. The summed E-state index contributed by atoms with van der Waals surface area (Å²) in [5.41, 5.74) is 1.93. The van der Waals surface area contributed by atoms with Crippen LogP contribution in [0.5, 0.6) is 17.5 Å². The van der Waals surface area contributed by atoms with Gasteiger partial charge in [-0.05, 0) is 50.2 Å². The molecule has 9 heteroatoms. The Hall–Kier alpha value is -4.01. The first-order valence-corrected chi connectivity index (χ1v) is 8.67. The Balaban J connectivity index is 1.57. The lowest BCUT2D eigenvalue weighted by Gasteiger charge is -2.09. The Labute approximate surface area is 166 Å². The van der Waals surface area contributed by atoms with Crippen molar-refractivity contribution in [2.75, 3.05) is 11.9 Å². The number of nitrogens with one attached hydrogen (secondary N) is 1. The maximum absolute atomic E-state index is 12.1. The molecule has 0 radical (unpaired) electrons. The number of nitro benzene ring substituents is 1. The Kier molecular flexibility index (Phi) is 5.98. The van der Waals surface area contributed by atoms with E-state index in [-0.39, 0.29) is 24.1 Å². The number of ether oxygens (including phenoxy) is 2. The van der Waals surface area contributed by atoms with Crippen molar-refractivity contribution >= 4 is 17.3 Å². The van der Waals surface area contributed by atoms with Crippen molar-refractivity contribution in [2.45, 2.75) is 13.8 Å². The van der Waals surface area contributed by atoms with Gasteiger partial charge in [-0.3, -0.25) is 14.9 Å². The molecule has 0 aliphatic rings. The Morgan fingerprint density at radius 1 is 1.07 bits per heavy atom. The molecular weight excluding hydrogens is 376 g/mol. The molecule has 0 atom stereocenters. The maximum atomic E-state index is 12.1. The number of nitrogens with zero attached hydrogens (tertiary/aromatic N) is 3. The molecule has 1 amide bonds. The minimum atomic E-state index is -0.564. The molecule has 29 heavy (non-hydrogen) atoms. The zero-order valence-electron chi connectivity index (χ0n) is 15.8. The number of hydrogen-bond acceptors (Lipinski definition) is 7. The second kappa shape index (κ2) is 8.79. The summed E-state index contributed by atoms with van der Waals surface area (Å²) in [6.07, 6.45) is 0. The van der Waals surface area contributed by atoms with E-state index in [0.29, 0.717) is 11.4 Å². The van der Waals surface area contributed by atoms with Gasteiger partial charge in [0.15, 0.2) is 12.4 Å². The minimum Gasteiger partial charge on any atom is -0.477 e. The van der Waals surface area contributed by atoms with Crippen LogP contribution in [0.25, 0.3) is 0 Å².